The van der Waals surface area contributed by atoms with Gasteiger partial charge in [-0.2, -0.15) is 0 Å². The number of amides is 1. The first kappa shape index (κ1) is 36.1. The fourth-order valence-electron chi connectivity index (χ4n) is 5.39. The second-order valence-electron chi connectivity index (χ2n) is 11.2. The Bertz CT molecular complexity index is 1700. The molecule has 3 aromatic carbocycles. The van der Waals surface area contributed by atoms with Gasteiger partial charge in [-0.05, 0) is 72.5 Å². The number of carbonyl (C=O) groups excluding carboxylic acids is 1. The van der Waals surface area contributed by atoms with Crippen molar-refractivity contribution >= 4 is 46.3 Å². The van der Waals surface area contributed by atoms with E-state index >= 15 is 0 Å². The van der Waals surface area contributed by atoms with E-state index in [1.165, 1.54) is 29.8 Å². The molecule has 260 valence electrons. The Morgan fingerprint density at radius 3 is 2.39 bits per heavy atom. The van der Waals surface area contributed by atoms with Crippen molar-refractivity contribution in [2.45, 2.75) is 19.8 Å². The molecule has 0 atom stereocenters. The van der Waals surface area contributed by atoms with Crippen LogP contribution in [0.4, 0.5) is 4.39 Å². The van der Waals surface area contributed by atoms with Gasteiger partial charge in [0.1, 0.15) is 16.7 Å². The summed E-state index contributed by atoms with van der Waals surface area (Å²) in [6.45, 7) is 7.00. The zero-order valence-corrected chi connectivity index (χ0v) is 29.1. The van der Waals surface area contributed by atoms with Gasteiger partial charge in [-0.25, -0.2) is 4.39 Å². The SMILES string of the molecule is CCOc1ccc(-c2ccc(OCCN3CCOCC3)c(/C=C3\SC(=S)N(CCCOc4cc(CC(=O)O)ccc4OC)C3=O)c2)cc1F. The van der Waals surface area contributed by atoms with Crippen LogP contribution in [0.15, 0.2) is 59.5 Å². The smallest absolute Gasteiger partial charge is 0.307 e. The van der Waals surface area contributed by atoms with Gasteiger partial charge in [0, 0.05) is 31.7 Å². The Kier molecular flexibility index (Phi) is 12.9. The van der Waals surface area contributed by atoms with Crippen LogP contribution in [0.5, 0.6) is 23.0 Å². The van der Waals surface area contributed by atoms with Crippen molar-refractivity contribution in [2.75, 3.05) is 66.3 Å². The van der Waals surface area contributed by atoms with Crippen LogP contribution >= 0.6 is 24.0 Å². The highest BCUT2D eigenvalue weighted by atomic mass is 32.2. The summed E-state index contributed by atoms with van der Waals surface area (Å²) in [5.74, 6) is 0.0780. The molecule has 5 rings (SSSR count). The number of thiocarbonyl (C=S) groups is 1. The minimum atomic E-state index is -0.943. The molecular formula is C36H39FN2O8S2. The molecular weight excluding hydrogens is 672 g/mol. The summed E-state index contributed by atoms with van der Waals surface area (Å²) in [4.78, 5) is 29.0. The van der Waals surface area contributed by atoms with Gasteiger partial charge in [-0.15, -0.1) is 0 Å². The third-order valence-corrected chi connectivity index (χ3v) is 9.25. The number of carbonyl (C=O) groups is 2. The number of aliphatic carboxylic acids is 1. The lowest BCUT2D eigenvalue weighted by Crippen LogP contribution is -2.38. The number of hydrogen-bond acceptors (Lipinski definition) is 10. The van der Waals surface area contributed by atoms with Crippen LogP contribution in [-0.2, 0) is 20.7 Å². The fourth-order valence-corrected chi connectivity index (χ4v) is 6.69. The number of nitrogens with zero attached hydrogens (tertiary/aromatic N) is 2. The molecule has 0 bridgehead atoms. The molecule has 2 heterocycles. The molecule has 1 N–H and O–H groups in total. The minimum absolute atomic E-state index is 0.135. The summed E-state index contributed by atoms with van der Waals surface area (Å²) < 4.78 is 43.5. The van der Waals surface area contributed by atoms with E-state index < -0.39 is 11.8 Å². The Hall–Kier alpha value is -4.17. The molecule has 0 unspecified atom stereocenters. The van der Waals surface area contributed by atoms with Crippen LogP contribution in [0.2, 0.25) is 0 Å². The summed E-state index contributed by atoms with van der Waals surface area (Å²) in [5, 5.41) is 9.13. The van der Waals surface area contributed by atoms with Gasteiger partial charge in [0.2, 0.25) is 0 Å². The van der Waals surface area contributed by atoms with Gasteiger partial charge in [0.15, 0.2) is 23.1 Å². The zero-order chi connectivity index (χ0) is 34.8. The number of benzene rings is 3. The van der Waals surface area contributed by atoms with Crippen molar-refractivity contribution in [1.29, 1.82) is 0 Å². The first-order chi connectivity index (χ1) is 23.7. The maximum Gasteiger partial charge on any atom is 0.307 e. The highest BCUT2D eigenvalue weighted by Gasteiger charge is 2.32. The first-order valence-corrected chi connectivity index (χ1v) is 17.2. The van der Waals surface area contributed by atoms with Crippen LogP contribution in [-0.4, -0.2) is 97.4 Å². The maximum atomic E-state index is 14.8. The number of thioether (sulfide) groups is 1. The molecule has 0 aliphatic carbocycles. The molecule has 2 fully saturated rings. The topological polar surface area (TPSA) is 107 Å². The number of carboxylic acid groups (broad SMARTS) is 1. The summed E-state index contributed by atoms with van der Waals surface area (Å²) >= 11 is 6.80. The molecule has 13 heteroatoms. The van der Waals surface area contributed by atoms with E-state index in [-0.39, 0.29) is 24.7 Å². The number of morpholine rings is 1. The molecule has 49 heavy (non-hydrogen) atoms. The Balaban J connectivity index is 1.29. The average molecular weight is 711 g/mol. The van der Waals surface area contributed by atoms with Crippen LogP contribution in [0.25, 0.3) is 17.2 Å². The van der Waals surface area contributed by atoms with Crippen molar-refractivity contribution in [3.63, 3.8) is 0 Å². The van der Waals surface area contributed by atoms with E-state index in [0.717, 1.165) is 25.2 Å². The third kappa shape index (κ3) is 9.72. The normalized spacial score (nSPS) is 15.9. The molecule has 2 aliphatic heterocycles. The van der Waals surface area contributed by atoms with E-state index in [1.807, 2.05) is 18.2 Å². The van der Waals surface area contributed by atoms with Crippen LogP contribution < -0.4 is 18.9 Å². The van der Waals surface area contributed by atoms with E-state index in [1.54, 1.807) is 43.3 Å². The highest BCUT2D eigenvalue weighted by molar-refractivity contribution is 8.26. The zero-order valence-electron chi connectivity index (χ0n) is 27.4. The molecule has 0 radical (unpaired) electrons. The van der Waals surface area contributed by atoms with E-state index in [2.05, 4.69) is 4.90 Å². The second kappa shape index (κ2) is 17.5. The van der Waals surface area contributed by atoms with E-state index in [9.17, 15) is 14.0 Å². The number of methoxy groups -OCH3 is 1. The predicted octanol–water partition coefficient (Wildman–Crippen LogP) is 5.91. The van der Waals surface area contributed by atoms with Gasteiger partial charge >= 0.3 is 5.97 Å². The summed E-state index contributed by atoms with van der Waals surface area (Å²) in [6.07, 6.45) is 2.11. The lowest BCUT2D eigenvalue weighted by atomic mass is 10.0. The van der Waals surface area contributed by atoms with Gasteiger partial charge in [0.25, 0.3) is 5.91 Å². The van der Waals surface area contributed by atoms with Gasteiger partial charge in [-0.3, -0.25) is 19.4 Å². The van der Waals surface area contributed by atoms with Gasteiger partial charge in [-0.1, -0.05) is 42.2 Å². The number of hydrogen-bond donors (Lipinski definition) is 1. The van der Waals surface area contributed by atoms with Gasteiger partial charge < -0.3 is 28.8 Å². The summed E-state index contributed by atoms with van der Waals surface area (Å²) in [7, 11) is 1.51. The third-order valence-electron chi connectivity index (χ3n) is 7.87. The molecule has 10 nitrogen and oxygen atoms in total. The summed E-state index contributed by atoms with van der Waals surface area (Å²) in [6, 6.07) is 15.4. The molecule has 2 saturated heterocycles. The van der Waals surface area contributed by atoms with Crippen LogP contribution in [0.1, 0.15) is 24.5 Å². The number of ether oxygens (including phenoxy) is 5. The molecule has 0 aromatic heterocycles. The Morgan fingerprint density at radius 1 is 0.959 bits per heavy atom. The minimum Gasteiger partial charge on any atom is -0.493 e. The van der Waals surface area contributed by atoms with Gasteiger partial charge in [0.05, 0.1) is 44.9 Å². The summed E-state index contributed by atoms with van der Waals surface area (Å²) in [5.41, 5.74) is 2.68. The van der Waals surface area contributed by atoms with E-state index in [4.69, 9.17) is 41.0 Å². The Morgan fingerprint density at radius 2 is 1.67 bits per heavy atom. The van der Waals surface area contributed by atoms with E-state index in [0.29, 0.717) is 82.6 Å². The standard InChI is InChI=1S/C36H39FN2O8S2/c1-3-45-30-10-7-26(22-28(30)37)25-6-9-29(47-18-14-38-12-16-44-17-13-38)27(21-25)23-33-35(42)39(36(48)49-33)11-4-15-46-32-19-24(20-34(40)41)5-8-31(32)43-2/h5-10,19,21-23H,3-4,11-18,20H2,1-2H3,(H,40,41)/b33-23-. The maximum absolute atomic E-state index is 14.8. The number of rotatable bonds is 16. The number of halogens is 1. The molecule has 2 aliphatic rings. The molecule has 3 aromatic rings. The van der Waals surface area contributed by atoms with Crippen LogP contribution in [0.3, 0.4) is 0 Å². The quantitative estimate of drug-likeness (QED) is 0.109. The molecule has 1 amide bonds. The molecule has 0 saturated carbocycles. The lowest BCUT2D eigenvalue weighted by molar-refractivity contribution is -0.136. The lowest BCUT2D eigenvalue weighted by Gasteiger charge is -2.26. The van der Waals surface area contributed by atoms with Crippen molar-refractivity contribution in [1.82, 2.24) is 9.80 Å². The Labute approximate surface area is 294 Å². The highest BCUT2D eigenvalue weighted by Crippen LogP contribution is 2.37. The fraction of sp³-hybridized carbons (Fsp3) is 0.361. The monoisotopic (exact) mass is 710 g/mol. The van der Waals surface area contributed by atoms with Crippen LogP contribution in [0, 0.1) is 5.82 Å². The average Bonchev–Trinajstić information content (AvgIpc) is 3.35. The van der Waals surface area contributed by atoms with Crippen molar-refractivity contribution in [3.05, 3.63) is 76.4 Å². The number of carboxylic acids is 1. The predicted molar refractivity (Wildman–Crippen MR) is 190 cm³/mol. The van der Waals surface area contributed by atoms with Crippen molar-refractivity contribution in [3.8, 4) is 34.1 Å². The van der Waals surface area contributed by atoms with Crippen molar-refractivity contribution < 1.29 is 42.8 Å². The first-order valence-electron chi connectivity index (χ1n) is 16.0. The molecule has 0 spiro atoms. The van der Waals surface area contributed by atoms with Crippen molar-refractivity contribution in [2.24, 2.45) is 0 Å². The largest absolute Gasteiger partial charge is 0.493 e. The second-order valence-corrected chi connectivity index (χ2v) is 12.9.